The lowest BCUT2D eigenvalue weighted by atomic mass is 10.1. The van der Waals surface area contributed by atoms with Crippen LogP contribution in [-0.2, 0) is 28.6 Å². The van der Waals surface area contributed by atoms with E-state index < -0.39 is 18.1 Å². The van der Waals surface area contributed by atoms with Gasteiger partial charge in [0, 0.05) is 19.3 Å². The van der Waals surface area contributed by atoms with Crippen molar-refractivity contribution in [2.75, 3.05) is 41.0 Å². The second-order valence-electron chi connectivity index (χ2n) is 16.3. The molecular weight excluding hydrogens is 727 g/mol. The molecule has 0 saturated carbocycles. The lowest BCUT2D eigenvalue weighted by Crippen LogP contribution is -2.55. The van der Waals surface area contributed by atoms with E-state index in [1.165, 1.54) is 83.5 Å². The molecule has 0 rings (SSSR count). The summed E-state index contributed by atoms with van der Waals surface area (Å²) in [6.45, 7) is 4.53. The van der Waals surface area contributed by atoms with Crippen LogP contribution in [-0.4, -0.2) is 75.5 Å². The fourth-order valence-corrected chi connectivity index (χ4v) is 6.22. The summed E-state index contributed by atoms with van der Waals surface area (Å²) in [6.07, 6.45) is 50.9. The number of esters is 2. The normalized spacial score (nSPS) is 13.6. The van der Waals surface area contributed by atoms with Gasteiger partial charge in [0.05, 0.1) is 40.3 Å². The van der Waals surface area contributed by atoms with Gasteiger partial charge >= 0.3 is 11.9 Å². The molecule has 0 N–H and O–H groups in total. The van der Waals surface area contributed by atoms with E-state index in [9.17, 15) is 19.5 Å². The van der Waals surface area contributed by atoms with Gasteiger partial charge in [0.1, 0.15) is 12.6 Å². The average molecular weight is 812 g/mol. The van der Waals surface area contributed by atoms with E-state index in [2.05, 4.69) is 86.8 Å². The van der Waals surface area contributed by atoms with Gasteiger partial charge in [0.25, 0.3) is 0 Å². The number of ether oxygens (including phenoxy) is 3. The van der Waals surface area contributed by atoms with Crippen LogP contribution in [0, 0.1) is 0 Å². The lowest BCUT2D eigenvalue weighted by molar-refractivity contribution is -0.889. The summed E-state index contributed by atoms with van der Waals surface area (Å²) in [5, 5.41) is 11.6. The number of rotatable bonds is 40. The van der Waals surface area contributed by atoms with Crippen LogP contribution in [0.15, 0.2) is 72.9 Å². The van der Waals surface area contributed by atoms with Crippen LogP contribution >= 0.6 is 0 Å². The van der Waals surface area contributed by atoms with E-state index in [1.54, 1.807) is 21.1 Å². The molecule has 0 fully saturated rings. The first-order chi connectivity index (χ1) is 28.1. The van der Waals surface area contributed by atoms with Crippen LogP contribution < -0.4 is 5.11 Å². The minimum atomic E-state index is -1.14. The first kappa shape index (κ1) is 54.8. The van der Waals surface area contributed by atoms with Crippen molar-refractivity contribution in [3.8, 4) is 0 Å². The molecule has 0 heterocycles. The van der Waals surface area contributed by atoms with Crippen molar-refractivity contribution < 1.29 is 38.2 Å². The molecule has 0 aliphatic carbocycles. The number of allylic oxidation sites excluding steroid dienone is 12. The molecule has 0 aromatic rings. The molecule has 0 spiro atoms. The Morgan fingerprint density at radius 3 is 1.34 bits per heavy atom. The Morgan fingerprint density at radius 1 is 0.517 bits per heavy atom. The molecule has 8 heteroatoms. The number of aliphatic carboxylic acids is 1. The van der Waals surface area contributed by atoms with Crippen molar-refractivity contribution in [1.82, 2.24) is 0 Å². The monoisotopic (exact) mass is 812 g/mol. The van der Waals surface area contributed by atoms with Gasteiger partial charge in [-0.2, -0.15) is 0 Å². The summed E-state index contributed by atoms with van der Waals surface area (Å²) in [7, 11) is 5.37. The maximum absolute atomic E-state index is 12.7. The molecule has 0 amide bonds. The van der Waals surface area contributed by atoms with Crippen molar-refractivity contribution >= 4 is 17.9 Å². The molecule has 8 nitrogen and oxygen atoms in total. The fourth-order valence-electron chi connectivity index (χ4n) is 6.22. The van der Waals surface area contributed by atoms with Crippen LogP contribution in [0.2, 0.25) is 0 Å². The summed E-state index contributed by atoms with van der Waals surface area (Å²) < 4.78 is 17.1. The number of carboxylic acid groups (broad SMARTS) is 1. The number of carbonyl (C=O) groups is 3. The number of quaternary nitrogens is 1. The largest absolute Gasteiger partial charge is 0.544 e. The molecule has 0 bridgehead atoms. The highest BCUT2D eigenvalue weighted by molar-refractivity contribution is 5.70. The maximum Gasteiger partial charge on any atom is 0.306 e. The van der Waals surface area contributed by atoms with Gasteiger partial charge < -0.3 is 28.6 Å². The Hall–Kier alpha value is -3.23. The van der Waals surface area contributed by atoms with Gasteiger partial charge in [-0.15, -0.1) is 0 Å². The summed E-state index contributed by atoms with van der Waals surface area (Å²) >= 11 is 0. The van der Waals surface area contributed by atoms with E-state index in [0.717, 1.165) is 44.9 Å². The van der Waals surface area contributed by atoms with E-state index in [-0.39, 0.29) is 55.5 Å². The first-order valence-electron chi connectivity index (χ1n) is 23.0. The number of likely N-dealkylation sites (N-methyl/N-ethyl adjacent to an activating group) is 1. The third-order valence-corrected chi connectivity index (χ3v) is 9.82. The van der Waals surface area contributed by atoms with Crippen LogP contribution in [0.25, 0.3) is 0 Å². The molecule has 2 atom stereocenters. The van der Waals surface area contributed by atoms with Gasteiger partial charge in [0.15, 0.2) is 6.10 Å². The summed E-state index contributed by atoms with van der Waals surface area (Å²) in [5.41, 5.74) is 0. The second-order valence-corrected chi connectivity index (χ2v) is 16.3. The third-order valence-electron chi connectivity index (χ3n) is 9.82. The minimum absolute atomic E-state index is 0.00156. The van der Waals surface area contributed by atoms with E-state index in [1.807, 2.05) is 0 Å². The highest BCUT2D eigenvalue weighted by Gasteiger charge is 2.25. The average Bonchev–Trinajstić information content (AvgIpc) is 3.18. The van der Waals surface area contributed by atoms with Crippen LogP contribution in [0.4, 0.5) is 0 Å². The first-order valence-corrected chi connectivity index (χ1v) is 23.0. The molecule has 2 unspecified atom stereocenters. The molecule has 0 radical (unpaired) electrons. The standard InChI is InChI=1S/C50H85NO7/c1-6-8-10-12-14-16-18-20-22-24-26-28-30-32-34-36-38-40-48(52)57-45-46(44-56-43-42-47(50(54)55)51(3,4)5)58-49(53)41-39-37-35-33-31-29-27-25-23-21-19-17-15-13-11-9-7-2/h20-23,26-29,32-35,46-47H,6-19,24-25,30-31,36-45H2,1-5H3/b22-20+,23-21+,28-26+,29-27+,34-32+,35-33+. The number of carboxylic acids is 1. The number of hydrogen-bond acceptors (Lipinski definition) is 7. The zero-order chi connectivity index (χ0) is 42.8. The third kappa shape index (κ3) is 38.3. The Balaban J connectivity index is 4.51. The predicted octanol–water partition coefficient (Wildman–Crippen LogP) is 11.4. The highest BCUT2D eigenvalue weighted by Crippen LogP contribution is 2.11. The molecular formula is C50H85NO7. The van der Waals surface area contributed by atoms with E-state index in [4.69, 9.17) is 14.2 Å². The quantitative estimate of drug-likeness (QED) is 0.0263. The molecule has 0 saturated heterocycles. The zero-order valence-electron chi connectivity index (χ0n) is 37.7. The molecule has 58 heavy (non-hydrogen) atoms. The molecule has 0 aliphatic rings. The fraction of sp³-hybridized carbons (Fsp3) is 0.700. The van der Waals surface area contributed by atoms with Crippen molar-refractivity contribution in [2.45, 2.75) is 187 Å². The molecule has 332 valence electrons. The van der Waals surface area contributed by atoms with Gasteiger partial charge in [-0.05, 0) is 77.0 Å². The lowest BCUT2D eigenvalue weighted by Gasteiger charge is -2.34. The molecule has 0 aromatic heterocycles. The maximum atomic E-state index is 12.7. The smallest absolute Gasteiger partial charge is 0.306 e. The van der Waals surface area contributed by atoms with Gasteiger partial charge in [-0.25, -0.2) is 0 Å². The van der Waals surface area contributed by atoms with E-state index >= 15 is 0 Å². The second kappa shape index (κ2) is 40.5. The highest BCUT2D eigenvalue weighted by atomic mass is 16.6. The van der Waals surface area contributed by atoms with E-state index in [0.29, 0.717) is 12.8 Å². The number of unbranched alkanes of at least 4 members (excludes halogenated alkanes) is 14. The Morgan fingerprint density at radius 2 is 0.914 bits per heavy atom. The Labute approximate surface area is 355 Å². The Kier molecular flexibility index (Phi) is 38.3. The number of nitrogens with zero attached hydrogens (tertiary/aromatic N) is 1. The van der Waals surface area contributed by atoms with Crippen LogP contribution in [0.5, 0.6) is 0 Å². The van der Waals surface area contributed by atoms with Gasteiger partial charge in [-0.3, -0.25) is 9.59 Å². The van der Waals surface area contributed by atoms with Crippen LogP contribution in [0.3, 0.4) is 0 Å². The number of hydrogen-bond donors (Lipinski definition) is 0. The van der Waals surface area contributed by atoms with Crippen molar-refractivity contribution in [1.29, 1.82) is 0 Å². The van der Waals surface area contributed by atoms with Crippen molar-refractivity contribution in [2.24, 2.45) is 0 Å². The molecule has 0 aliphatic heterocycles. The SMILES string of the molecule is CCCCCCCC/C=C/C/C=C/C/C=C/CCCC(=O)OCC(COCCC(C(=O)[O-])[N+](C)(C)C)OC(=O)CCC/C=C/C/C=C/C/C=C/CCCCCCCC. The summed E-state index contributed by atoms with van der Waals surface area (Å²) in [5.74, 6) is -1.88. The number of carbonyl (C=O) groups excluding carboxylic acids is 3. The Bertz CT molecular complexity index is 1180. The van der Waals surface area contributed by atoms with Gasteiger partial charge in [-0.1, -0.05) is 151 Å². The summed E-state index contributed by atoms with van der Waals surface area (Å²) in [6, 6.07) is -0.745. The summed E-state index contributed by atoms with van der Waals surface area (Å²) in [4.78, 5) is 36.8. The topological polar surface area (TPSA) is 102 Å². The van der Waals surface area contributed by atoms with Crippen molar-refractivity contribution in [3.05, 3.63) is 72.9 Å². The zero-order valence-corrected chi connectivity index (χ0v) is 37.7. The van der Waals surface area contributed by atoms with Crippen molar-refractivity contribution in [3.63, 3.8) is 0 Å². The minimum Gasteiger partial charge on any atom is -0.544 e. The van der Waals surface area contributed by atoms with Gasteiger partial charge in [0.2, 0.25) is 0 Å². The van der Waals surface area contributed by atoms with Crippen LogP contribution in [0.1, 0.15) is 174 Å². The molecule has 0 aromatic carbocycles. The predicted molar refractivity (Wildman–Crippen MR) is 240 cm³/mol.